The van der Waals surface area contributed by atoms with E-state index in [0.29, 0.717) is 0 Å². The zero-order chi connectivity index (χ0) is 35.4. The van der Waals surface area contributed by atoms with E-state index < -0.39 is 113 Å². The normalized spacial score (nSPS) is 27.6. The van der Waals surface area contributed by atoms with Gasteiger partial charge in [0.05, 0.1) is 36.0 Å². The molecule has 5 rings (SSSR count). The summed E-state index contributed by atoms with van der Waals surface area (Å²) < 4.78 is 33.6. The van der Waals surface area contributed by atoms with Crippen molar-refractivity contribution >= 4 is 35.3 Å². The highest BCUT2D eigenvalue weighted by molar-refractivity contribution is 6.31. The number of Topliss-reactive ketones (excluding diaryl/α,β-unsaturated/α-hetero) is 1. The first-order valence-corrected chi connectivity index (χ1v) is 14.9. The summed E-state index contributed by atoms with van der Waals surface area (Å²) in [5.41, 5.74) is -4.07. The van der Waals surface area contributed by atoms with Crippen LogP contribution >= 0.6 is 0 Å². The molecule has 0 amide bonds. The number of hydrogen-bond acceptors (Lipinski definition) is 15. The molecule has 0 saturated carbocycles. The van der Waals surface area contributed by atoms with E-state index in [1.54, 1.807) is 0 Å². The maximum absolute atomic E-state index is 13.9. The first-order valence-electron chi connectivity index (χ1n) is 14.9. The van der Waals surface area contributed by atoms with E-state index in [-0.39, 0.29) is 28.0 Å². The van der Waals surface area contributed by atoms with E-state index in [0.717, 1.165) is 27.7 Å². The fraction of sp³-hybridized carbons (Fsp3) is 0.455. The molecule has 48 heavy (non-hydrogen) atoms. The quantitative estimate of drug-likeness (QED) is 0.185. The molecule has 2 aromatic rings. The third kappa shape index (κ3) is 5.77. The number of aliphatic hydroxyl groups is 1. The minimum atomic E-state index is -2.22. The number of carbonyl (C=O) groups excluding carboxylic acids is 6. The van der Waals surface area contributed by atoms with Gasteiger partial charge < -0.3 is 43.7 Å². The van der Waals surface area contributed by atoms with Crippen LogP contribution in [-0.4, -0.2) is 94.0 Å². The van der Waals surface area contributed by atoms with E-state index in [2.05, 4.69) is 0 Å². The highest BCUT2D eigenvalue weighted by atomic mass is 16.7. The Morgan fingerprint density at radius 1 is 0.833 bits per heavy atom. The first kappa shape index (κ1) is 34.5. The van der Waals surface area contributed by atoms with Gasteiger partial charge in [0.15, 0.2) is 36.2 Å². The standard InChI is InChI=1S/C33H34O15/c1-12-29(45-14(3)35)30(46-15(4)36)31(47-16(5)37)32(44-12)48-20-11-33(42,13(2)34)10-18-22(20)28(41)24-23(26(18)39)25(38)17-8-7-9-19(43-6)21(17)27(24)40/h7-9,12,20,29-32,39,41-42H,10-11H2,1-6H3/t12?,20-,29?,30?,31?,32?,33-/m0/s1. The number of esters is 3. The number of benzene rings is 2. The summed E-state index contributed by atoms with van der Waals surface area (Å²) in [6, 6.07) is 4.28. The zero-order valence-electron chi connectivity index (χ0n) is 26.9. The predicted molar refractivity (Wildman–Crippen MR) is 158 cm³/mol. The fourth-order valence-electron chi connectivity index (χ4n) is 6.54. The van der Waals surface area contributed by atoms with Gasteiger partial charge in [-0.3, -0.25) is 28.8 Å². The molecule has 3 N–H and O–H groups in total. The Balaban J connectivity index is 1.68. The monoisotopic (exact) mass is 670 g/mol. The molecule has 7 atom stereocenters. The minimum Gasteiger partial charge on any atom is -0.507 e. The Hall–Kier alpha value is -4.86. The summed E-state index contributed by atoms with van der Waals surface area (Å²) in [7, 11) is 1.29. The van der Waals surface area contributed by atoms with Gasteiger partial charge in [-0.2, -0.15) is 0 Å². The summed E-state index contributed by atoms with van der Waals surface area (Å²) in [6.45, 7) is 5.79. The molecular weight excluding hydrogens is 636 g/mol. The molecule has 1 heterocycles. The highest BCUT2D eigenvalue weighted by Crippen LogP contribution is 2.52. The van der Waals surface area contributed by atoms with Crippen molar-refractivity contribution in [3.05, 3.63) is 51.6 Å². The Morgan fingerprint density at radius 2 is 1.42 bits per heavy atom. The van der Waals surface area contributed by atoms with Crippen molar-refractivity contribution in [3.63, 3.8) is 0 Å². The van der Waals surface area contributed by atoms with Gasteiger partial charge in [-0.05, 0) is 19.9 Å². The third-order valence-corrected chi connectivity index (χ3v) is 8.66. The third-order valence-electron chi connectivity index (χ3n) is 8.66. The van der Waals surface area contributed by atoms with Gasteiger partial charge in [0, 0.05) is 50.3 Å². The predicted octanol–water partition coefficient (Wildman–Crippen LogP) is 1.75. The summed E-state index contributed by atoms with van der Waals surface area (Å²) in [6.07, 6.45) is -9.76. The summed E-state index contributed by atoms with van der Waals surface area (Å²) in [5, 5.41) is 34.8. The van der Waals surface area contributed by atoms with Crippen molar-refractivity contribution < 1.29 is 72.5 Å². The molecule has 1 aliphatic heterocycles. The van der Waals surface area contributed by atoms with Gasteiger partial charge in [0.1, 0.15) is 22.8 Å². The number of rotatable bonds is 7. The number of carbonyl (C=O) groups is 6. The van der Waals surface area contributed by atoms with Crippen LogP contribution in [0.3, 0.4) is 0 Å². The van der Waals surface area contributed by atoms with E-state index >= 15 is 0 Å². The van der Waals surface area contributed by atoms with Crippen LogP contribution in [0.25, 0.3) is 0 Å². The second-order valence-corrected chi connectivity index (χ2v) is 11.9. The molecule has 2 aliphatic carbocycles. The van der Waals surface area contributed by atoms with Crippen LogP contribution in [0, 0.1) is 0 Å². The van der Waals surface area contributed by atoms with Crippen molar-refractivity contribution in [2.24, 2.45) is 0 Å². The topological polar surface area (TPSA) is 218 Å². The van der Waals surface area contributed by atoms with Crippen LogP contribution in [0.4, 0.5) is 0 Å². The molecule has 0 spiro atoms. The first-order chi connectivity index (χ1) is 22.5. The van der Waals surface area contributed by atoms with E-state index in [4.69, 9.17) is 28.4 Å². The molecule has 1 saturated heterocycles. The molecule has 3 aliphatic rings. The van der Waals surface area contributed by atoms with E-state index in [9.17, 15) is 44.1 Å². The summed E-state index contributed by atoms with van der Waals surface area (Å²) in [4.78, 5) is 76.7. The maximum Gasteiger partial charge on any atom is 0.303 e. The lowest BCUT2D eigenvalue weighted by molar-refractivity contribution is -0.314. The number of methoxy groups -OCH3 is 1. The zero-order valence-corrected chi connectivity index (χ0v) is 26.9. The molecule has 2 aromatic carbocycles. The van der Waals surface area contributed by atoms with Crippen LogP contribution in [-0.2, 0) is 49.3 Å². The van der Waals surface area contributed by atoms with Crippen molar-refractivity contribution in [2.45, 2.75) is 89.9 Å². The van der Waals surface area contributed by atoms with Crippen molar-refractivity contribution in [2.75, 3.05) is 7.11 Å². The smallest absolute Gasteiger partial charge is 0.303 e. The van der Waals surface area contributed by atoms with Gasteiger partial charge in [-0.25, -0.2) is 0 Å². The molecule has 15 nitrogen and oxygen atoms in total. The lowest BCUT2D eigenvalue weighted by Crippen LogP contribution is -2.61. The number of phenols is 2. The molecule has 0 bridgehead atoms. The van der Waals surface area contributed by atoms with Crippen LogP contribution in [0.2, 0.25) is 0 Å². The van der Waals surface area contributed by atoms with Crippen molar-refractivity contribution in [1.82, 2.24) is 0 Å². The minimum absolute atomic E-state index is 0.0412. The number of aromatic hydroxyl groups is 2. The maximum atomic E-state index is 13.9. The SMILES string of the molecule is COc1cccc2c1C(=O)c1c(O)c3c(c(O)c1C2=O)C[C@@](O)(C(C)=O)C[C@@H]3OC1OC(C)C(OC(C)=O)C(OC(C)=O)C1OC(C)=O. The number of phenolic OH excluding ortho intramolecular Hbond substituents is 2. The second-order valence-electron chi connectivity index (χ2n) is 11.9. The summed E-state index contributed by atoms with van der Waals surface area (Å²) in [5.74, 6) is -6.38. The molecule has 1 fully saturated rings. The average molecular weight is 671 g/mol. The van der Waals surface area contributed by atoms with E-state index in [1.807, 2.05) is 0 Å². The molecule has 0 radical (unpaired) electrons. The van der Waals surface area contributed by atoms with E-state index in [1.165, 1.54) is 32.2 Å². The molecule has 15 heteroatoms. The highest BCUT2D eigenvalue weighted by Gasteiger charge is 2.54. The van der Waals surface area contributed by atoms with Gasteiger partial charge in [-0.15, -0.1) is 0 Å². The lowest BCUT2D eigenvalue weighted by atomic mass is 9.72. The number of ether oxygens (including phenoxy) is 6. The number of fused-ring (bicyclic) bond motifs is 3. The summed E-state index contributed by atoms with van der Waals surface area (Å²) >= 11 is 0. The van der Waals surface area contributed by atoms with Crippen molar-refractivity contribution in [3.8, 4) is 17.2 Å². The van der Waals surface area contributed by atoms with Gasteiger partial charge in [0.25, 0.3) is 0 Å². The Kier molecular flexibility index (Phi) is 9.07. The lowest BCUT2D eigenvalue weighted by Gasteiger charge is -2.45. The fourth-order valence-corrected chi connectivity index (χ4v) is 6.54. The van der Waals surface area contributed by atoms with Crippen molar-refractivity contribution in [1.29, 1.82) is 0 Å². The molecule has 256 valence electrons. The Bertz CT molecular complexity index is 1740. The number of hydrogen-bond donors (Lipinski definition) is 3. The number of ketones is 3. The van der Waals surface area contributed by atoms with Gasteiger partial charge in [0.2, 0.25) is 5.78 Å². The van der Waals surface area contributed by atoms with Crippen LogP contribution in [0.15, 0.2) is 18.2 Å². The Morgan fingerprint density at radius 3 is 2.00 bits per heavy atom. The Labute approximate surface area is 273 Å². The van der Waals surface area contributed by atoms with Crippen LogP contribution < -0.4 is 4.74 Å². The molecular formula is C33H34O15. The molecule has 0 aromatic heterocycles. The van der Waals surface area contributed by atoms with Crippen LogP contribution in [0.5, 0.6) is 17.2 Å². The molecule has 5 unspecified atom stereocenters. The van der Waals surface area contributed by atoms with Gasteiger partial charge >= 0.3 is 17.9 Å². The second kappa shape index (κ2) is 12.6. The van der Waals surface area contributed by atoms with Crippen LogP contribution in [0.1, 0.15) is 90.1 Å². The largest absolute Gasteiger partial charge is 0.507 e. The van der Waals surface area contributed by atoms with Gasteiger partial charge in [-0.1, -0.05) is 12.1 Å². The average Bonchev–Trinajstić information content (AvgIpc) is 3.00.